The smallest absolute Gasteiger partial charge is 0.152 e. The van der Waals surface area contributed by atoms with Crippen LogP contribution in [0.1, 0.15) is 12.5 Å². The molecule has 0 spiro atoms. The van der Waals surface area contributed by atoms with Gasteiger partial charge in [-0.05, 0) is 13.8 Å². The Morgan fingerprint density at radius 2 is 2.36 bits per heavy atom. The number of aromatic nitrogens is 2. The van der Waals surface area contributed by atoms with Crippen molar-refractivity contribution in [2.24, 2.45) is 10.7 Å². The average Bonchev–Trinajstić information content (AvgIpc) is 2.15. The van der Waals surface area contributed by atoms with Crippen molar-refractivity contribution in [2.75, 3.05) is 0 Å². The quantitative estimate of drug-likeness (QED) is 0.496. The maximum Gasteiger partial charge on any atom is 0.152 e. The molecule has 0 aliphatic heterocycles. The topological polar surface area (TPSA) is 67.1 Å². The second kappa shape index (κ2) is 3.98. The van der Waals surface area contributed by atoms with Gasteiger partial charge >= 0.3 is 0 Å². The molecule has 0 aromatic carbocycles. The number of rotatable bonds is 1. The molecular formula is C6H11ClN4. The van der Waals surface area contributed by atoms with Crippen LogP contribution >= 0.6 is 12.4 Å². The molecule has 62 valence electrons. The van der Waals surface area contributed by atoms with Crippen LogP contribution in [0.15, 0.2) is 11.2 Å². The number of aliphatic imine (C=N–C) groups is 1. The van der Waals surface area contributed by atoms with Crippen LogP contribution in [-0.2, 0) is 0 Å². The van der Waals surface area contributed by atoms with E-state index in [1.165, 1.54) is 0 Å². The fourth-order valence-corrected chi connectivity index (χ4v) is 0.629. The monoisotopic (exact) mass is 174 g/mol. The molecule has 0 atom stereocenters. The highest BCUT2D eigenvalue weighted by Crippen LogP contribution is 2.11. The normalized spacial score (nSPS) is 10.9. The Morgan fingerprint density at radius 1 is 1.73 bits per heavy atom. The molecule has 3 N–H and O–H groups in total. The number of halogens is 1. The van der Waals surface area contributed by atoms with E-state index in [0.29, 0.717) is 5.84 Å². The Bertz CT molecular complexity index is 249. The van der Waals surface area contributed by atoms with E-state index in [2.05, 4.69) is 15.2 Å². The van der Waals surface area contributed by atoms with Crippen molar-refractivity contribution < 1.29 is 0 Å². The van der Waals surface area contributed by atoms with E-state index < -0.39 is 0 Å². The lowest BCUT2D eigenvalue weighted by molar-refractivity contribution is 1.08. The zero-order valence-corrected chi connectivity index (χ0v) is 7.27. The summed E-state index contributed by atoms with van der Waals surface area (Å²) in [6, 6.07) is 0. The van der Waals surface area contributed by atoms with Gasteiger partial charge in [-0.25, -0.2) is 4.99 Å². The zero-order chi connectivity index (χ0) is 7.56. The van der Waals surface area contributed by atoms with Gasteiger partial charge in [0.25, 0.3) is 0 Å². The average molecular weight is 175 g/mol. The summed E-state index contributed by atoms with van der Waals surface area (Å²) in [5.74, 6) is 1.27. The molecule has 0 aliphatic rings. The van der Waals surface area contributed by atoms with Gasteiger partial charge in [-0.3, -0.25) is 5.10 Å². The van der Waals surface area contributed by atoms with Gasteiger partial charge in [0.1, 0.15) is 0 Å². The highest BCUT2D eigenvalue weighted by molar-refractivity contribution is 5.85. The summed E-state index contributed by atoms with van der Waals surface area (Å²) in [6.07, 6.45) is 1.71. The SMILES string of the molecule is CC(N)=Nc1[nH]ncc1C.Cl. The molecule has 0 unspecified atom stereocenters. The highest BCUT2D eigenvalue weighted by atomic mass is 35.5. The fourth-order valence-electron chi connectivity index (χ4n) is 0.629. The van der Waals surface area contributed by atoms with Crippen LogP contribution in [0.2, 0.25) is 0 Å². The van der Waals surface area contributed by atoms with Crippen LogP contribution in [0.3, 0.4) is 0 Å². The summed E-state index contributed by atoms with van der Waals surface area (Å²) >= 11 is 0. The minimum atomic E-state index is 0. The van der Waals surface area contributed by atoms with Crippen molar-refractivity contribution in [3.8, 4) is 0 Å². The van der Waals surface area contributed by atoms with E-state index in [4.69, 9.17) is 5.73 Å². The molecule has 0 aliphatic carbocycles. The molecular weight excluding hydrogens is 164 g/mol. The Morgan fingerprint density at radius 3 is 2.73 bits per heavy atom. The maximum atomic E-state index is 5.35. The summed E-state index contributed by atoms with van der Waals surface area (Å²) in [4.78, 5) is 4.00. The third kappa shape index (κ3) is 2.59. The predicted octanol–water partition coefficient (Wildman–Crippen LogP) is 1.15. The number of hydrogen-bond acceptors (Lipinski definition) is 2. The molecule has 1 aromatic heterocycles. The van der Waals surface area contributed by atoms with Gasteiger partial charge in [0.2, 0.25) is 0 Å². The molecule has 0 saturated carbocycles. The van der Waals surface area contributed by atoms with Gasteiger partial charge in [-0.1, -0.05) is 0 Å². The van der Waals surface area contributed by atoms with Crippen LogP contribution in [0.25, 0.3) is 0 Å². The Balaban J connectivity index is 0.000001000. The molecule has 0 amide bonds. The van der Waals surface area contributed by atoms with Crippen LogP contribution in [0.5, 0.6) is 0 Å². The summed E-state index contributed by atoms with van der Waals surface area (Å²) in [6.45, 7) is 3.66. The standard InChI is InChI=1S/C6H10N4.ClH/c1-4-3-8-10-6(4)9-5(2)7;/h3H,1-2H3,(H3,7,8,9,10);1H. The molecule has 0 radical (unpaired) electrons. The number of aromatic amines is 1. The zero-order valence-electron chi connectivity index (χ0n) is 6.46. The van der Waals surface area contributed by atoms with Crippen molar-refractivity contribution >= 4 is 24.1 Å². The Hall–Kier alpha value is -1.03. The van der Waals surface area contributed by atoms with E-state index in [1.54, 1.807) is 13.1 Å². The van der Waals surface area contributed by atoms with Crippen LogP contribution < -0.4 is 5.73 Å². The number of nitrogens with zero attached hydrogens (tertiary/aromatic N) is 2. The number of amidine groups is 1. The molecule has 4 nitrogen and oxygen atoms in total. The molecule has 1 rings (SSSR count). The van der Waals surface area contributed by atoms with Gasteiger partial charge in [0.05, 0.1) is 12.0 Å². The Labute approximate surface area is 71.3 Å². The first-order chi connectivity index (χ1) is 4.70. The molecule has 1 aromatic rings. The van der Waals surface area contributed by atoms with Crippen LogP contribution in [0, 0.1) is 6.92 Å². The number of aryl methyl sites for hydroxylation is 1. The first-order valence-corrected chi connectivity index (χ1v) is 3.01. The van der Waals surface area contributed by atoms with Crippen molar-refractivity contribution in [3.05, 3.63) is 11.8 Å². The summed E-state index contributed by atoms with van der Waals surface area (Å²) in [5.41, 5.74) is 6.36. The maximum absolute atomic E-state index is 5.35. The van der Waals surface area contributed by atoms with Crippen molar-refractivity contribution in [3.63, 3.8) is 0 Å². The largest absolute Gasteiger partial charge is 0.387 e. The lowest BCUT2D eigenvalue weighted by atomic mass is 10.4. The minimum absolute atomic E-state index is 0. The van der Waals surface area contributed by atoms with Crippen molar-refractivity contribution in [1.29, 1.82) is 0 Å². The summed E-state index contributed by atoms with van der Waals surface area (Å²) < 4.78 is 0. The number of nitrogens with two attached hydrogens (primary N) is 1. The summed E-state index contributed by atoms with van der Waals surface area (Å²) in [7, 11) is 0. The fraction of sp³-hybridized carbons (Fsp3) is 0.333. The number of nitrogens with one attached hydrogen (secondary N) is 1. The molecule has 11 heavy (non-hydrogen) atoms. The minimum Gasteiger partial charge on any atom is -0.387 e. The predicted molar refractivity (Wildman–Crippen MR) is 47.5 cm³/mol. The van der Waals surface area contributed by atoms with Crippen LogP contribution in [-0.4, -0.2) is 16.0 Å². The van der Waals surface area contributed by atoms with E-state index in [-0.39, 0.29) is 12.4 Å². The molecule has 5 heteroatoms. The number of H-pyrrole nitrogens is 1. The van der Waals surface area contributed by atoms with Crippen LogP contribution in [0.4, 0.5) is 5.82 Å². The number of hydrogen-bond donors (Lipinski definition) is 2. The van der Waals surface area contributed by atoms with E-state index in [0.717, 1.165) is 11.4 Å². The highest BCUT2D eigenvalue weighted by Gasteiger charge is 1.95. The third-order valence-electron chi connectivity index (χ3n) is 1.09. The molecule has 1 heterocycles. The van der Waals surface area contributed by atoms with Gasteiger partial charge in [-0.15, -0.1) is 12.4 Å². The molecule has 0 saturated heterocycles. The third-order valence-corrected chi connectivity index (χ3v) is 1.09. The second-order valence-electron chi connectivity index (χ2n) is 2.15. The lowest BCUT2D eigenvalue weighted by Gasteiger charge is -1.89. The van der Waals surface area contributed by atoms with Crippen molar-refractivity contribution in [2.45, 2.75) is 13.8 Å². The molecule has 0 bridgehead atoms. The Kier molecular flexibility index (Phi) is 3.60. The first kappa shape index (κ1) is 9.97. The van der Waals surface area contributed by atoms with Gasteiger partial charge in [-0.2, -0.15) is 5.10 Å². The summed E-state index contributed by atoms with van der Waals surface area (Å²) in [5, 5.41) is 6.51. The first-order valence-electron chi connectivity index (χ1n) is 3.01. The van der Waals surface area contributed by atoms with Gasteiger partial charge in [0, 0.05) is 5.56 Å². The van der Waals surface area contributed by atoms with E-state index in [9.17, 15) is 0 Å². The van der Waals surface area contributed by atoms with E-state index in [1.807, 2.05) is 6.92 Å². The van der Waals surface area contributed by atoms with Gasteiger partial charge in [0.15, 0.2) is 5.82 Å². The van der Waals surface area contributed by atoms with E-state index >= 15 is 0 Å². The van der Waals surface area contributed by atoms with Gasteiger partial charge < -0.3 is 5.73 Å². The molecule has 0 fully saturated rings. The lowest BCUT2D eigenvalue weighted by Crippen LogP contribution is -2.03. The second-order valence-corrected chi connectivity index (χ2v) is 2.15. The van der Waals surface area contributed by atoms with Crippen molar-refractivity contribution in [1.82, 2.24) is 10.2 Å².